The molecule has 0 aromatic heterocycles. The molecule has 0 aromatic rings. The number of hydrogen-bond donors (Lipinski definition) is 0. The van der Waals surface area contributed by atoms with Crippen LogP contribution in [0.2, 0.25) is 16.2 Å². The normalized spacial score (nSPS) is 12.5. The standard InChI is InChI=1S/C2H5O.3CH3.ClH.Re/c1-3-2;;;;;/h1H2,2H3;3*1H3;1H;. The summed E-state index contributed by atoms with van der Waals surface area (Å²) >= 11 is -1.42. The van der Waals surface area contributed by atoms with E-state index in [4.69, 9.17) is 4.74 Å². The fourth-order valence-corrected chi connectivity index (χ4v) is 2.68. The molecule has 0 rings (SSSR count). The smallest absolute Gasteiger partial charge is 0.147 e. The topological polar surface area (TPSA) is 9.23 Å². The minimum absolute atomic E-state index is 0. The number of rotatable bonds is 2. The summed E-state index contributed by atoms with van der Waals surface area (Å²) in [4.78, 5) is 0. The second-order valence-corrected chi connectivity index (χ2v) is 17.0. The molecule has 0 aliphatic rings. The Morgan fingerprint density at radius 1 is 1.25 bits per heavy atom. The molecule has 0 saturated carbocycles. The molecule has 0 radical (unpaired) electrons. The second-order valence-electron chi connectivity index (χ2n) is 2.33. The van der Waals surface area contributed by atoms with Gasteiger partial charge in [-0.05, 0) is 0 Å². The van der Waals surface area contributed by atoms with Gasteiger partial charge >= 0.3 is 48.7 Å². The van der Waals surface area contributed by atoms with Crippen LogP contribution in [0.4, 0.5) is 0 Å². The van der Waals surface area contributed by atoms with Gasteiger partial charge in [-0.25, -0.2) is 0 Å². The van der Waals surface area contributed by atoms with Crippen LogP contribution in [0, 0.1) is 0 Å². The summed E-state index contributed by atoms with van der Waals surface area (Å²) in [7, 11) is 1.78. The van der Waals surface area contributed by atoms with Gasteiger partial charge in [-0.15, -0.1) is 12.4 Å². The first-order valence-corrected chi connectivity index (χ1v) is 12.2. The van der Waals surface area contributed by atoms with Crippen LogP contribution in [0.25, 0.3) is 0 Å². The van der Waals surface area contributed by atoms with Gasteiger partial charge in [0.25, 0.3) is 0 Å². The van der Waals surface area contributed by atoms with Gasteiger partial charge < -0.3 is 0 Å². The molecule has 0 atom stereocenters. The maximum Gasteiger partial charge on any atom is -0.147 e. The Bertz CT molecular complexity index is 50.9. The first kappa shape index (κ1) is 11.7. The van der Waals surface area contributed by atoms with E-state index in [9.17, 15) is 0 Å². The van der Waals surface area contributed by atoms with E-state index in [1.807, 2.05) is 0 Å². The van der Waals surface area contributed by atoms with Crippen LogP contribution in [-0.4, -0.2) is 12.2 Å². The van der Waals surface area contributed by atoms with Gasteiger partial charge in [0.05, 0.1) is 0 Å². The molecule has 0 spiro atoms. The van der Waals surface area contributed by atoms with Crippen molar-refractivity contribution >= 4 is 12.4 Å². The number of halogens is 1. The molecule has 3 heteroatoms. The molecule has 8 heavy (non-hydrogen) atoms. The molecular weight excluding hydrogens is 298 g/mol. The third kappa shape index (κ3) is 10.0. The van der Waals surface area contributed by atoms with E-state index in [2.05, 4.69) is 16.2 Å². The Balaban J connectivity index is 0. The zero-order valence-corrected chi connectivity index (χ0v) is 9.43. The van der Waals surface area contributed by atoms with Gasteiger partial charge in [0.1, 0.15) is 0 Å². The average molecular weight is 313 g/mol. The molecule has 0 aliphatic heterocycles. The Morgan fingerprint density at radius 2 is 1.62 bits per heavy atom. The Labute approximate surface area is 61.3 Å². The van der Waals surface area contributed by atoms with Gasteiger partial charge in [0.2, 0.25) is 0 Å². The molecule has 0 unspecified atom stereocenters. The van der Waals surface area contributed by atoms with Crippen molar-refractivity contribution in [2.75, 3.05) is 12.2 Å². The van der Waals surface area contributed by atoms with Crippen molar-refractivity contribution in [3.05, 3.63) is 0 Å². The van der Waals surface area contributed by atoms with Crippen molar-refractivity contribution < 1.29 is 20.3 Å². The van der Waals surface area contributed by atoms with Crippen LogP contribution >= 0.6 is 12.4 Å². The summed E-state index contributed by atoms with van der Waals surface area (Å²) in [6.45, 7) is 0. The fourth-order valence-electron chi connectivity index (χ4n) is 0.327. The van der Waals surface area contributed by atoms with E-state index < -0.39 is 15.5 Å². The molecule has 0 heterocycles. The first-order valence-electron chi connectivity index (χ1n) is 2.10. The van der Waals surface area contributed by atoms with Crippen molar-refractivity contribution in [2.45, 2.75) is 16.2 Å². The molecule has 1 nitrogen and oxygen atoms in total. The van der Waals surface area contributed by atoms with E-state index in [1.54, 1.807) is 7.11 Å². The zero-order valence-electron chi connectivity index (χ0n) is 5.90. The summed E-state index contributed by atoms with van der Waals surface area (Å²) < 4.78 is 5.00. The van der Waals surface area contributed by atoms with Gasteiger partial charge in [0, 0.05) is 0 Å². The second kappa shape index (κ2) is 4.76. The molecule has 0 bridgehead atoms. The van der Waals surface area contributed by atoms with Crippen LogP contribution in [0.5, 0.6) is 0 Å². The summed E-state index contributed by atoms with van der Waals surface area (Å²) in [5.41, 5.74) is 0. The van der Waals surface area contributed by atoms with Crippen LogP contribution in [0.3, 0.4) is 0 Å². The predicted octanol–water partition coefficient (Wildman–Crippen LogP) is 2.31. The Morgan fingerprint density at radius 3 is 1.62 bits per heavy atom. The first-order chi connectivity index (χ1) is 3.06. The van der Waals surface area contributed by atoms with E-state index in [1.165, 1.54) is 0 Å². The van der Waals surface area contributed by atoms with Crippen LogP contribution in [0.1, 0.15) is 0 Å². The molecule has 55 valence electrons. The maximum absolute atomic E-state index is 5.00. The maximum atomic E-state index is 5.00. The Kier molecular flexibility index (Phi) is 6.95. The molecule has 0 saturated heterocycles. The molecular formula is C5H15ClORe. The summed E-state index contributed by atoms with van der Waals surface area (Å²) in [5.74, 6) is 0. The molecule has 0 amide bonds. The fraction of sp³-hybridized carbons (Fsp3) is 1.00. The van der Waals surface area contributed by atoms with Crippen molar-refractivity contribution in [3.8, 4) is 0 Å². The van der Waals surface area contributed by atoms with Crippen molar-refractivity contribution in [1.29, 1.82) is 0 Å². The van der Waals surface area contributed by atoms with E-state index in [0.29, 0.717) is 0 Å². The largest absolute Gasteiger partial charge is 0.147 e. The Hall–Kier alpha value is 0.912. The van der Waals surface area contributed by atoms with Crippen LogP contribution < -0.4 is 0 Å². The van der Waals surface area contributed by atoms with E-state index in [-0.39, 0.29) is 12.4 Å². The molecule has 0 N–H and O–H groups in total. The third-order valence-corrected chi connectivity index (χ3v) is 3.57. The monoisotopic (exact) mass is 313 g/mol. The third-order valence-electron chi connectivity index (χ3n) is 0.436. The summed E-state index contributed by atoms with van der Waals surface area (Å²) in [6, 6.07) is 0. The molecule has 0 aliphatic carbocycles. The molecule has 0 aromatic carbocycles. The van der Waals surface area contributed by atoms with E-state index >= 15 is 0 Å². The number of methoxy groups -OCH3 is 1. The van der Waals surface area contributed by atoms with E-state index in [0.717, 1.165) is 5.08 Å². The average Bonchev–Trinajstić information content (AvgIpc) is 1.30. The quantitative estimate of drug-likeness (QED) is 0.760. The van der Waals surface area contributed by atoms with Crippen molar-refractivity contribution in [3.63, 3.8) is 0 Å². The van der Waals surface area contributed by atoms with Gasteiger partial charge in [-0.1, -0.05) is 0 Å². The van der Waals surface area contributed by atoms with Crippen LogP contribution in [-0.2, 0) is 20.3 Å². The minimum Gasteiger partial charge on any atom is -0.147 e. The number of hydrogen-bond acceptors (Lipinski definition) is 1. The SMILES string of the molecule is CO[CH2][Re]([CH3])([CH3])[CH3].Cl. The summed E-state index contributed by atoms with van der Waals surface area (Å²) in [5, 5.41) is 8.09. The summed E-state index contributed by atoms with van der Waals surface area (Å²) in [6.07, 6.45) is 0. The van der Waals surface area contributed by atoms with Crippen molar-refractivity contribution in [2.24, 2.45) is 0 Å². The van der Waals surface area contributed by atoms with Crippen molar-refractivity contribution in [1.82, 2.24) is 0 Å². The van der Waals surface area contributed by atoms with Crippen LogP contribution in [0.15, 0.2) is 0 Å². The predicted molar refractivity (Wildman–Crippen MR) is 36.7 cm³/mol. The van der Waals surface area contributed by atoms with Gasteiger partial charge in [-0.2, -0.15) is 0 Å². The molecule has 0 fully saturated rings. The van der Waals surface area contributed by atoms with Gasteiger partial charge in [-0.3, -0.25) is 0 Å². The zero-order chi connectivity index (χ0) is 5.91. The van der Waals surface area contributed by atoms with Gasteiger partial charge in [0.15, 0.2) is 0 Å². The number of ether oxygens (including phenoxy) is 1. The minimum atomic E-state index is -1.42.